The molecular formula is C13H23N5O. The lowest BCUT2D eigenvalue weighted by Crippen LogP contribution is -2.36. The molecule has 106 valence electrons. The molecule has 0 fully saturated rings. The van der Waals surface area contributed by atoms with Crippen LogP contribution in [0.4, 0.5) is 11.6 Å². The van der Waals surface area contributed by atoms with E-state index in [4.69, 9.17) is 0 Å². The van der Waals surface area contributed by atoms with Crippen LogP contribution in [0.3, 0.4) is 0 Å². The maximum Gasteiger partial charge on any atom is 0.239 e. The van der Waals surface area contributed by atoms with Crippen molar-refractivity contribution >= 4 is 17.5 Å². The summed E-state index contributed by atoms with van der Waals surface area (Å²) in [4.78, 5) is 22.1. The van der Waals surface area contributed by atoms with Crippen molar-refractivity contribution in [2.45, 2.75) is 27.2 Å². The molecule has 0 unspecified atom stereocenters. The Morgan fingerprint density at radius 1 is 1.37 bits per heavy atom. The van der Waals surface area contributed by atoms with E-state index >= 15 is 0 Å². The van der Waals surface area contributed by atoms with Crippen molar-refractivity contribution in [1.29, 1.82) is 0 Å². The molecule has 0 bridgehead atoms. The minimum atomic E-state index is 0.00520. The number of aromatic nitrogens is 2. The molecule has 19 heavy (non-hydrogen) atoms. The monoisotopic (exact) mass is 265 g/mol. The first kappa shape index (κ1) is 15.2. The lowest BCUT2D eigenvalue weighted by atomic mass is 10.4. The summed E-state index contributed by atoms with van der Waals surface area (Å²) < 4.78 is 0. The van der Waals surface area contributed by atoms with Gasteiger partial charge in [-0.1, -0.05) is 6.92 Å². The van der Waals surface area contributed by atoms with Gasteiger partial charge in [0, 0.05) is 26.2 Å². The van der Waals surface area contributed by atoms with E-state index < -0.39 is 0 Å². The van der Waals surface area contributed by atoms with Gasteiger partial charge in [0.15, 0.2) is 0 Å². The van der Waals surface area contributed by atoms with E-state index in [0.29, 0.717) is 18.9 Å². The SMILES string of the molecule is CCCNC(=O)CN(C)c1cc(NCC)nc(C)n1. The Morgan fingerprint density at radius 3 is 2.74 bits per heavy atom. The van der Waals surface area contributed by atoms with Crippen molar-refractivity contribution in [3.8, 4) is 0 Å². The van der Waals surface area contributed by atoms with Gasteiger partial charge in [-0.25, -0.2) is 9.97 Å². The number of nitrogens with one attached hydrogen (secondary N) is 2. The number of hydrogen-bond acceptors (Lipinski definition) is 5. The van der Waals surface area contributed by atoms with Crippen molar-refractivity contribution in [2.75, 3.05) is 36.9 Å². The van der Waals surface area contributed by atoms with Crippen LogP contribution in [0, 0.1) is 6.92 Å². The topological polar surface area (TPSA) is 70.2 Å². The number of hydrogen-bond donors (Lipinski definition) is 2. The number of rotatable bonds is 7. The van der Waals surface area contributed by atoms with Gasteiger partial charge in [-0.3, -0.25) is 4.79 Å². The molecule has 6 heteroatoms. The van der Waals surface area contributed by atoms with Crippen LogP contribution in [0.5, 0.6) is 0 Å². The Morgan fingerprint density at radius 2 is 2.11 bits per heavy atom. The molecule has 1 amide bonds. The van der Waals surface area contributed by atoms with Crippen molar-refractivity contribution in [2.24, 2.45) is 0 Å². The highest BCUT2D eigenvalue weighted by Crippen LogP contribution is 2.14. The molecule has 6 nitrogen and oxygen atoms in total. The Labute approximate surface area is 114 Å². The second-order valence-corrected chi connectivity index (χ2v) is 4.39. The van der Waals surface area contributed by atoms with Crippen LogP contribution in [-0.4, -0.2) is 42.6 Å². The van der Waals surface area contributed by atoms with E-state index in [1.54, 1.807) is 0 Å². The molecule has 0 aliphatic rings. The van der Waals surface area contributed by atoms with Crippen molar-refractivity contribution in [3.63, 3.8) is 0 Å². The molecule has 2 N–H and O–H groups in total. The first-order valence-electron chi connectivity index (χ1n) is 6.64. The summed E-state index contributed by atoms with van der Waals surface area (Å²) in [6.07, 6.45) is 0.937. The van der Waals surface area contributed by atoms with Crippen LogP contribution in [-0.2, 0) is 4.79 Å². The normalized spacial score (nSPS) is 10.1. The Hall–Kier alpha value is -1.85. The van der Waals surface area contributed by atoms with Gasteiger partial charge in [0.2, 0.25) is 5.91 Å². The zero-order chi connectivity index (χ0) is 14.3. The zero-order valence-electron chi connectivity index (χ0n) is 12.2. The van der Waals surface area contributed by atoms with Crippen LogP contribution < -0.4 is 15.5 Å². The number of likely N-dealkylation sites (N-methyl/N-ethyl adjacent to an activating group) is 1. The highest BCUT2D eigenvalue weighted by atomic mass is 16.2. The molecule has 0 aromatic carbocycles. The van der Waals surface area contributed by atoms with Crippen molar-refractivity contribution < 1.29 is 4.79 Å². The Kier molecular flexibility index (Phi) is 6.05. The fraction of sp³-hybridized carbons (Fsp3) is 0.615. The third-order valence-corrected chi connectivity index (χ3v) is 2.53. The summed E-state index contributed by atoms with van der Waals surface area (Å²) in [7, 11) is 1.85. The lowest BCUT2D eigenvalue weighted by molar-refractivity contribution is -0.119. The molecule has 0 saturated carbocycles. The number of anilines is 2. The molecule has 0 aliphatic heterocycles. The quantitative estimate of drug-likeness (QED) is 0.774. The number of aryl methyl sites for hydroxylation is 1. The van der Waals surface area contributed by atoms with Crippen molar-refractivity contribution in [3.05, 3.63) is 11.9 Å². The molecule has 0 spiro atoms. The fourth-order valence-electron chi connectivity index (χ4n) is 1.64. The molecule has 1 aromatic heterocycles. The number of carbonyl (C=O) groups is 1. The maximum atomic E-state index is 11.7. The van der Waals surface area contributed by atoms with Gasteiger partial charge >= 0.3 is 0 Å². The van der Waals surface area contributed by atoms with Crippen LogP contribution in [0.1, 0.15) is 26.1 Å². The summed E-state index contributed by atoms with van der Waals surface area (Å²) in [5, 5.41) is 6.00. The van der Waals surface area contributed by atoms with E-state index in [-0.39, 0.29) is 5.91 Å². The van der Waals surface area contributed by atoms with Gasteiger partial charge in [0.05, 0.1) is 6.54 Å². The molecule has 0 radical (unpaired) electrons. The van der Waals surface area contributed by atoms with E-state index in [9.17, 15) is 4.79 Å². The van der Waals surface area contributed by atoms with Crippen LogP contribution in [0.25, 0.3) is 0 Å². The number of carbonyl (C=O) groups excluding carboxylic acids is 1. The van der Waals surface area contributed by atoms with Gasteiger partial charge in [-0.2, -0.15) is 0 Å². The second kappa shape index (κ2) is 7.56. The highest BCUT2D eigenvalue weighted by Gasteiger charge is 2.10. The van der Waals surface area contributed by atoms with Gasteiger partial charge < -0.3 is 15.5 Å². The van der Waals surface area contributed by atoms with Crippen LogP contribution in [0.2, 0.25) is 0 Å². The first-order valence-corrected chi connectivity index (χ1v) is 6.64. The molecular weight excluding hydrogens is 242 g/mol. The van der Waals surface area contributed by atoms with Gasteiger partial charge in [-0.05, 0) is 20.3 Å². The fourth-order valence-corrected chi connectivity index (χ4v) is 1.64. The van der Waals surface area contributed by atoms with Crippen molar-refractivity contribution in [1.82, 2.24) is 15.3 Å². The molecule has 1 heterocycles. The molecule has 1 rings (SSSR count). The van der Waals surface area contributed by atoms with E-state index in [2.05, 4.69) is 20.6 Å². The Balaban J connectivity index is 2.70. The second-order valence-electron chi connectivity index (χ2n) is 4.39. The van der Waals surface area contributed by atoms with Gasteiger partial charge in [0.25, 0.3) is 0 Å². The molecule has 1 aromatic rings. The largest absolute Gasteiger partial charge is 0.370 e. The third-order valence-electron chi connectivity index (χ3n) is 2.53. The summed E-state index contributed by atoms with van der Waals surface area (Å²) in [6, 6.07) is 1.85. The average Bonchev–Trinajstić information content (AvgIpc) is 2.36. The lowest BCUT2D eigenvalue weighted by Gasteiger charge is -2.18. The minimum absolute atomic E-state index is 0.00520. The molecule has 0 saturated heterocycles. The van der Waals surface area contributed by atoms with E-state index in [1.165, 1.54) is 0 Å². The predicted molar refractivity (Wildman–Crippen MR) is 77.5 cm³/mol. The van der Waals surface area contributed by atoms with Gasteiger partial charge in [-0.15, -0.1) is 0 Å². The molecule has 0 atom stereocenters. The number of amides is 1. The van der Waals surface area contributed by atoms with E-state index in [1.807, 2.05) is 38.8 Å². The summed E-state index contributed by atoms with van der Waals surface area (Å²) in [6.45, 7) is 7.69. The molecule has 0 aliphatic carbocycles. The smallest absolute Gasteiger partial charge is 0.239 e. The maximum absolute atomic E-state index is 11.7. The number of nitrogens with zero attached hydrogens (tertiary/aromatic N) is 3. The predicted octanol–water partition coefficient (Wildman–Crippen LogP) is 1.18. The summed E-state index contributed by atoms with van der Waals surface area (Å²) in [5.41, 5.74) is 0. The summed E-state index contributed by atoms with van der Waals surface area (Å²) in [5.74, 6) is 2.22. The third kappa shape index (κ3) is 5.11. The van der Waals surface area contributed by atoms with Crippen LogP contribution >= 0.6 is 0 Å². The minimum Gasteiger partial charge on any atom is -0.370 e. The van der Waals surface area contributed by atoms with Crippen LogP contribution in [0.15, 0.2) is 6.07 Å². The zero-order valence-corrected chi connectivity index (χ0v) is 12.2. The van der Waals surface area contributed by atoms with Gasteiger partial charge in [0.1, 0.15) is 17.5 Å². The van der Waals surface area contributed by atoms with E-state index in [0.717, 1.165) is 24.6 Å². The standard InChI is InChI=1S/C13H23N5O/c1-5-7-15-13(19)9-18(4)12-8-11(14-6-2)16-10(3)17-12/h8H,5-7,9H2,1-4H3,(H,15,19)(H,14,16,17). The average molecular weight is 265 g/mol. The highest BCUT2D eigenvalue weighted by molar-refractivity contribution is 5.80. The first-order chi connectivity index (χ1) is 9.06. The Bertz CT molecular complexity index is 421. The summed E-state index contributed by atoms with van der Waals surface area (Å²) >= 11 is 0.